The third-order valence-electron chi connectivity index (χ3n) is 4.01. The number of carbonyl (C=O) groups is 1. The molecule has 1 aliphatic heterocycles. The Morgan fingerprint density at radius 2 is 1.74 bits per heavy atom. The first-order valence-corrected chi connectivity index (χ1v) is 9.36. The molecule has 2 N–H and O–H groups in total. The Balaban J connectivity index is 2.07. The van der Waals surface area contributed by atoms with Gasteiger partial charge in [-0.3, -0.25) is 4.79 Å². The summed E-state index contributed by atoms with van der Waals surface area (Å²) in [6.07, 6.45) is 0. The van der Waals surface area contributed by atoms with E-state index < -0.39 is 16.1 Å². The molecule has 1 aliphatic rings. The van der Waals surface area contributed by atoms with Gasteiger partial charge in [0.05, 0.1) is 11.1 Å². The minimum atomic E-state index is -3.65. The Morgan fingerprint density at radius 3 is 2.26 bits per heavy atom. The Bertz CT molecular complexity index is 670. The highest BCUT2D eigenvalue weighted by atomic mass is 35.5. The SMILES string of the molecule is CC(C)[C@H](N)C(=O)N1CCN(S(=O)(=O)c2ccccc2Cl)CC1. The summed E-state index contributed by atoms with van der Waals surface area (Å²) in [6.45, 7) is 4.93. The van der Waals surface area contributed by atoms with Crippen molar-refractivity contribution in [2.75, 3.05) is 26.2 Å². The summed E-state index contributed by atoms with van der Waals surface area (Å²) in [5.74, 6) is -0.0813. The molecule has 128 valence electrons. The maximum Gasteiger partial charge on any atom is 0.244 e. The Kier molecular flexibility index (Phi) is 5.67. The van der Waals surface area contributed by atoms with Crippen molar-refractivity contribution in [2.45, 2.75) is 24.8 Å². The Hall–Kier alpha value is -1.15. The zero-order valence-corrected chi connectivity index (χ0v) is 14.8. The minimum Gasteiger partial charge on any atom is -0.339 e. The molecule has 0 spiro atoms. The van der Waals surface area contributed by atoms with E-state index in [2.05, 4.69) is 0 Å². The van der Waals surface area contributed by atoms with E-state index >= 15 is 0 Å². The number of nitrogens with zero attached hydrogens (tertiary/aromatic N) is 2. The number of rotatable bonds is 4. The summed E-state index contributed by atoms with van der Waals surface area (Å²) in [5.41, 5.74) is 5.88. The predicted molar refractivity (Wildman–Crippen MR) is 89.6 cm³/mol. The van der Waals surface area contributed by atoms with Gasteiger partial charge < -0.3 is 10.6 Å². The van der Waals surface area contributed by atoms with Crippen LogP contribution in [0.15, 0.2) is 29.2 Å². The molecule has 0 aromatic heterocycles. The number of sulfonamides is 1. The van der Waals surface area contributed by atoms with Crippen LogP contribution in [-0.2, 0) is 14.8 Å². The van der Waals surface area contributed by atoms with Gasteiger partial charge in [0.2, 0.25) is 15.9 Å². The highest BCUT2D eigenvalue weighted by Crippen LogP contribution is 2.25. The van der Waals surface area contributed by atoms with Crippen LogP contribution in [0.4, 0.5) is 0 Å². The van der Waals surface area contributed by atoms with Gasteiger partial charge in [0.1, 0.15) is 4.90 Å². The fraction of sp³-hybridized carbons (Fsp3) is 0.533. The normalized spacial score (nSPS) is 18.2. The molecule has 1 fully saturated rings. The Morgan fingerprint density at radius 1 is 1.17 bits per heavy atom. The number of hydrogen-bond acceptors (Lipinski definition) is 4. The van der Waals surface area contributed by atoms with Crippen LogP contribution in [0.5, 0.6) is 0 Å². The average Bonchev–Trinajstić information content (AvgIpc) is 2.53. The molecular weight excluding hydrogens is 338 g/mol. The maximum atomic E-state index is 12.6. The first-order chi connectivity index (χ1) is 10.7. The molecular formula is C15H22ClN3O3S. The van der Waals surface area contributed by atoms with Crippen LogP contribution >= 0.6 is 11.6 Å². The zero-order chi connectivity index (χ0) is 17.2. The summed E-state index contributed by atoms with van der Waals surface area (Å²) in [5, 5.41) is 0.202. The van der Waals surface area contributed by atoms with Crippen molar-refractivity contribution < 1.29 is 13.2 Å². The van der Waals surface area contributed by atoms with E-state index in [9.17, 15) is 13.2 Å². The topological polar surface area (TPSA) is 83.7 Å². The van der Waals surface area contributed by atoms with E-state index in [1.54, 1.807) is 23.1 Å². The van der Waals surface area contributed by atoms with Gasteiger partial charge >= 0.3 is 0 Å². The van der Waals surface area contributed by atoms with Gasteiger partial charge in [0.25, 0.3) is 0 Å². The zero-order valence-electron chi connectivity index (χ0n) is 13.3. The van der Waals surface area contributed by atoms with Crippen molar-refractivity contribution in [3.63, 3.8) is 0 Å². The van der Waals surface area contributed by atoms with E-state index in [4.69, 9.17) is 17.3 Å². The molecule has 1 aromatic carbocycles. The molecule has 1 saturated heterocycles. The van der Waals surface area contributed by atoms with Gasteiger partial charge in [-0.1, -0.05) is 37.6 Å². The monoisotopic (exact) mass is 359 g/mol. The number of benzene rings is 1. The minimum absolute atomic E-state index is 0.0485. The van der Waals surface area contributed by atoms with Crippen molar-refractivity contribution >= 4 is 27.5 Å². The van der Waals surface area contributed by atoms with Crippen molar-refractivity contribution in [2.24, 2.45) is 11.7 Å². The number of piperazine rings is 1. The molecule has 0 unspecified atom stereocenters. The van der Waals surface area contributed by atoms with Gasteiger partial charge in [-0.15, -0.1) is 0 Å². The van der Waals surface area contributed by atoms with Crippen molar-refractivity contribution in [1.29, 1.82) is 0 Å². The van der Waals surface area contributed by atoms with E-state index in [0.29, 0.717) is 13.1 Å². The first-order valence-electron chi connectivity index (χ1n) is 7.54. The molecule has 1 amide bonds. The second-order valence-corrected chi connectivity index (χ2v) is 8.24. The second kappa shape index (κ2) is 7.17. The highest BCUT2D eigenvalue weighted by Gasteiger charge is 2.33. The lowest BCUT2D eigenvalue weighted by Crippen LogP contribution is -2.55. The molecule has 23 heavy (non-hydrogen) atoms. The second-order valence-electron chi connectivity index (χ2n) is 5.93. The average molecular weight is 360 g/mol. The van der Waals surface area contributed by atoms with Crippen LogP contribution in [0.2, 0.25) is 5.02 Å². The third-order valence-corrected chi connectivity index (χ3v) is 6.41. The fourth-order valence-corrected chi connectivity index (χ4v) is 4.35. The van der Waals surface area contributed by atoms with Crippen molar-refractivity contribution in [3.05, 3.63) is 29.3 Å². The summed E-state index contributed by atoms with van der Waals surface area (Å²) < 4.78 is 26.6. The van der Waals surface area contributed by atoms with Crippen LogP contribution < -0.4 is 5.73 Å². The number of halogens is 1. The molecule has 6 nitrogen and oxygen atoms in total. The largest absolute Gasteiger partial charge is 0.339 e. The van der Waals surface area contributed by atoms with Crippen LogP contribution in [0.3, 0.4) is 0 Å². The third kappa shape index (κ3) is 3.85. The molecule has 0 aliphatic carbocycles. The molecule has 8 heteroatoms. The lowest BCUT2D eigenvalue weighted by Gasteiger charge is -2.35. The standard InChI is InChI=1S/C15H22ClN3O3S/c1-11(2)14(17)15(20)18-7-9-19(10-8-18)23(21,22)13-6-4-3-5-12(13)16/h3-6,11,14H,7-10,17H2,1-2H3/t14-/m0/s1. The summed E-state index contributed by atoms with van der Waals surface area (Å²) in [6, 6.07) is 5.81. The predicted octanol–water partition coefficient (Wildman–Crippen LogP) is 1.16. The fourth-order valence-electron chi connectivity index (χ4n) is 2.44. The van der Waals surface area contributed by atoms with E-state index in [1.165, 1.54) is 10.4 Å². The molecule has 2 rings (SSSR count). The van der Waals surface area contributed by atoms with Gasteiger partial charge in [-0.05, 0) is 18.1 Å². The van der Waals surface area contributed by atoms with Crippen LogP contribution in [0.25, 0.3) is 0 Å². The van der Waals surface area contributed by atoms with Gasteiger partial charge in [0, 0.05) is 26.2 Å². The lowest BCUT2D eigenvalue weighted by molar-refractivity contribution is -0.134. The molecule has 1 heterocycles. The molecule has 0 radical (unpaired) electrons. The van der Waals surface area contributed by atoms with Crippen LogP contribution in [-0.4, -0.2) is 55.8 Å². The first kappa shape index (κ1) is 18.2. The molecule has 0 bridgehead atoms. The number of carbonyl (C=O) groups excluding carboxylic acids is 1. The molecule has 1 atom stereocenters. The quantitative estimate of drug-likeness (QED) is 0.874. The van der Waals surface area contributed by atoms with Gasteiger partial charge in [0.15, 0.2) is 0 Å². The number of nitrogens with two attached hydrogens (primary N) is 1. The van der Waals surface area contributed by atoms with Crippen molar-refractivity contribution in [1.82, 2.24) is 9.21 Å². The molecule has 1 aromatic rings. The van der Waals surface area contributed by atoms with Gasteiger partial charge in [-0.2, -0.15) is 4.31 Å². The van der Waals surface area contributed by atoms with Crippen molar-refractivity contribution in [3.8, 4) is 0 Å². The highest BCUT2D eigenvalue weighted by molar-refractivity contribution is 7.89. The summed E-state index contributed by atoms with van der Waals surface area (Å²) in [4.78, 5) is 14.0. The summed E-state index contributed by atoms with van der Waals surface area (Å²) in [7, 11) is -3.65. The van der Waals surface area contributed by atoms with E-state index in [-0.39, 0.29) is 34.8 Å². The van der Waals surface area contributed by atoms with E-state index in [0.717, 1.165) is 0 Å². The van der Waals surface area contributed by atoms with E-state index in [1.807, 2.05) is 13.8 Å². The lowest BCUT2D eigenvalue weighted by atomic mass is 10.0. The molecule has 0 saturated carbocycles. The maximum absolute atomic E-state index is 12.6. The smallest absolute Gasteiger partial charge is 0.244 e. The number of amides is 1. The van der Waals surface area contributed by atoms with Crippen LogP contribution in [0, 0.1) is 5.92 Å². The van der Waals surface area contributed by atoms with Crippen LogP contribution in [0.1, 0.15) is 13.8 Å². The number of hydrogen-bond donors (Lipinski definition) is 1. The summed E-state index contributed by atoms with van der Waals surface area (Å²) >= 11 is 6.00. The Labute approximate surface area is 142 Å². The van der Waals surface area contributed by atoms with Gasteiger partial charge in [-0.25, -0.2) is 8.42 Å².